The van der Waals surface area contributed by atoms with Crippen molar-refractivity contribution in [1.29, 1.82) is 0 Å². The summed E-state index contributed by atoms with van der Waals surface area (Å²) in [5.41, 5.74) is 1.28. The molecule has 1 atom stereocenters. The zero-order chi connectivity index (χ0) is 12.2. The molecule has 0 amide bonds. The topological polar surface area (TPSA) is 29.4 Å². The quantitative estimate of drug-likeness (QED) is 0.793. The van der Waals surface area contributed by atoms with E-state index in [2.05, 4.69) is 4.36 Å². The Morgan fingerprint density at radius 3 is 2.71 bits per heavy atom. The Morgan fingerprint density at radius 1 is 1.41 bits per heavy atom. The molecule has 1 aliphatic carbocycles. The van der Waals surface area contributed by atoms with E-state index in [1.54, 1.807) is 6.07 Å². The van der Waals surface area contributed by atoms with E-state index in [1.165, 1.54) is 0 Å². The fraction of sp³-hybridized carbons (Fsp3) is 0.538. The molecule has 1 aromatic carbocycles. The second-order valence-electron chi connectivity index (χ2n) is 5.16. The van der Waals surface area contributed by atoms with Gasteiger partial charge in [-0.3, -0.25) is 0 Å². The smallest absolute Gasteiger partial charge is 0.132 e. The molecule has 1 unspecified atom stereocenters. The molecular weight excluding hydrogens is 237 g/mol. The summed E-state index contributed by atoms with van der Waals surface area (Å²) in [5, 5.41) is 0.174. The van der Waals surface area contributed by atoms with Gasteiger partial charge in [0, 0.05) is 10.8 Å². The van der Waals surface area contributed by atoms with Crippen LogP contribution >= 0.6 is 0 Å². The molecule has 92 valence electrons. The minimum Gasteiger partial charge on any atom is -0.244 e. The lowest BCUT2D eigenvalue weighted by Crippen LogP contribution is -2.06. The van der Waals surface area contributed by atoms with Crippen LogP contribution in [0.15, 0.2) is 21.4 Å². The monoisotopic (exact) mass is 253 g/mol. The van der Waals surface area contributed by atoms with E-state index in [1.807, 2.05) is 19.9 Å². The van der Waals surface area contributed by atoms with Crippen molar-refractivity contribution in [2.75, 3.05) is 0 Å². The lowest BCUT2D eigenvalue weighted by Gasteiger charge is -2.11. The highest BCUT2D eigenvalue weighted by molar-refractivity contribution is 7.94. The molecule has 4 heteroatoms. The van der Waals surface area contributed by atoms with Crippen LogP contribution in [-0.4, -0.2) is 9.46 Å². The highest BCUT2D eigenvalue weighted by Crippen LogP contribution is 2.42. The minimum absolute atomic E-state index is 0.151. The Kier molecular flexibility index (Phi) is 2.34. The summed E-state index contributed by atoms with van der Waals surface area (Å²) in [6.07, 6.45) is 1.94. The molecule has 0 aromatic heterocycles. The molecule has 0 saturated heterocycles. The molecule has 0 spiro atoms. The van der Waals surface area contributed by atoms with Crippen LogP contribution < -0.4 is 0 Å². The zero-order valence-corrected chi connectivity index (χ0v) is 10.9. The normalized spacial score (nSPS) is 27.1. The van der Waals surface area contributed by atoms with Gasteiger partial charge < -0.3 is 0 Å². The highest BCUT2D eigenvalue weighted by atomic mass is 32.2. The first-order valence-electron chi connectivity index (χ1n) is 6.07. The van der Waals surface area contributed by atoms with Crippen molar-refractivity contribution < 1.29 is 8.60 Å². The number of halogens is 1. The van der Waals surface area contributed by atoms with Crippen molar-refractivity contribution in [1.82, 2.24) is 0 Å². The van der Waals surface area contributed by atoms with Gasteiger partial charge in [0.25, 0.3) is 0 Å². The van der Waals surface area contributed by atoms with E-state index in [0.717, 1.165) is 12.8 Å². The summed E-state index contributed by atoms with van der Waals surface area (Å²) in [5.74, 6) is -0.0370. The Morgan fingerprint density at radius 2 is 2.12 bits per heavy atom. The van der Waals surface area contributed by atoms with E-state index >= 15 is 0 Å². The van der Waals surface area contributed by atoms with Gasteiger partial charge in [0.05, 0.1) is 21.2 Å². The van der Waals surface area contributed by atoms with E-state index in [9.17, 15) is 8.60 Å². The molecule has 0 radical (unpaired) electrons. The average molecular weight is 253 g/mol. The Hall–Kier alpha value is -0.900. The van der Waals surface area contributed by atoms with E-state index in [0.29, 0.717) is 16.0 Å². The second-order valence-corrected chi connectivity index (χ2v) is 7.66. The lowest BCUT2D eigenvalue weighted by molar-refractivity contribution is 0.579. The maximum atomic E-state index is 14.3. The Labute approximate surface area is 101 Å². The van der Waals surface area contributed by atoms with Crippen molar-refractivity contribution in [3.05, 3.63) is 29.1 Å². The molecule has 1 heterocycles. The highest BCUT2D eigenvalue weighted by Gasteiger charge is 2.39. The molecule has 2 aliphatic rings. The largest absolute Gasteiger partial charge is 0.244 e. The van der Waals surface area contributed by atoms with Crippen molar-refractivity contribution >= 4 is 9.73 Å². The Bertz CT molecular complexity index is 596. The van der Waals surface area contributed by atoms with Crippen LogP contribution in [0.1, 0.15) is 43.7 Å². The van der Waals surface area contributed by atoms with Gasteiger partial charge in [0.2, 0.25) is 0 Å². The molecule has 1 saturated carbocycles. The minimum atomic E-state index is -2.30. The predicted octanol–water partition coefficient (Wildman–Crippen LogP) is 3.45. The summed E-state index contributed by atoms with van der Waals surface area (Å²) in [6, 6.07) is 3.62. The summed E-state index contributed by atoms with van der Waals surface area (Å²) in [6.45, 7) is 4.22. The van der Waals surface area contributed by atoms with Gasteiger partial charge in [0.1, 0.15) is 5.82 Å². The molecule has 0 N–H and O–H groups in total. The molecule has 1 aliphatic heterocycles. The van der Waals surface area contributed by atoms with Crippen molar-refractivity contribution in [2.45, 2.75) is 49.3 Å². The van der Waals surface area contributed by atoms with Gasteiger partial charge in [-0.25, -0.2) is 13.0 Å². The first kappa shape index (κ1) is 11.2. The van der Waals surface area contributed by atoms with Crippen LogP contribution in [0.4, 0.5) is 4.39 Å². The molecule has 3 rings (SSSR count). The Balaban J connectivity index is 2.17. The third-order valence-electron chi connectivity index (χ3n) is 3.56. The van der Waals surface area contributed by atoms with E-state index in [4.69, 9.17) is 0 Å². The van der Waals surface area contributed by atoms with Gasteiger partial charge in [-0.2, -0.15) is 0 Å². The third-order valence-corrected chi connectivity index (χ3v) is 6.46. The number of fused-ring (bicyclic) bond motifs is 1. The molecule has 0 bridgehead atoms. The number of nitrogens with zero attached hydrogens (tertiary/aromatic N) is 1. The van der Waals surface area contributed by atoms with Crippen LogP contribution in [0.2, 0.25) is 0 Å². The number of hydrogen-bond acceptors (Lipinski definition) is 2. The van der Waals surface area contributed by atoms with Crippen LogP contribution in [-0.2, 0) is 16.3 Å². The fourth-order valence-electron chi connectivity index (χ4n) is 2.39. The standard InChI is InChI=1S/C13H16FNOS/c1-8(2)10-5-6-12-11(13(10)14)7-15-17(12,16)9-3-4-9/h5-6,8-9H,3-4,7H2,1-2H3. The maximum absolute atomic E-state index is 14.3. The van der Waals surface area contributed by atoms with Crippen LogP contribution in [0.25, 0.3) is 0 Å². The summed E-state index contributed by atoms with van der Waals surface area (Å²) in [7, 11) is -2.30. The van der Waals surface area contributed by atoms with Gasteiger partial charge in [-0.1, -0.05) is 19.9 Å². The maximum Gasteiger partial charge on any atom is 0.132 e. The average Bonchev–Trinajstić information content (AvgIpc) is 3.06. The second kappa shape index (κ2) is 3.55. The van der Waals surface area contributed by atoms with Gasteiger partial charge in [-0.15, -0.1) is 0 Å². The molecular formula is C13H16FNOS. The number of benzene rings is 1. The zero-order valence-electron chi connectivity index (χ0n) is 10.1. The molecule has 1 aromatic rings. The summed E-state index contributed by atoms with van der Waals surface area (Å²) >= 11 is 0. The van der Waals surface area contributed by atoms with Crippen molar-refractivity contribution in [3.63, 3.8) is 0 Å². The van der Waals surface area contributed by atoms with Gasteiger partial charge in [0.15, 0.2) is 0 Å². The lowest BCUT2D eigenvalue weighted by atomic mass is 10.00. The molecule has 1 fully saturated rings. The fourth-order valence-corrected chi connectivity index (χ4v) is 4.97. The SMILES string of the molecule is CC(C)c1ccc2c(c1F)CN=S2(=O)C1CC1. The predicted molar refractivity (Wildman–Crippen MR) is 66.1 cm³/mol. The van der Waals surface area contributed by atoms with E-state index in [-0.39, 0.29) is 23.5 Å². The van der Waals surface area contributed by atoms with Crippen molar-refractivity contribution in [3.8, 4) is 0 Å². The molecule has 2 nitrogen and oxygen atoms in total. The summed E-state index contributed by atoms with van der Waals surface area (Å²) in [4.78, 5) is 0.668. The first-order chi connectivity index (χ1) is 8.04. The molecule has 17 heavy (non-hydrogen) atoms. The van der Waals surface area contributed by atoms with Crippen LogP contribution in [0.3, 0.4) is 0 Å². The van der Waals surface area contributed by atoms with Gasteiger partial charge in [-0.05, 0) is 30.4 Å². The van der Waals surface area contributed by atoms with Crippen LogP contribution in [0, 0.1) is 5.82 Å². The van der Waals surface area contributed by atoms with Crippen LogP contribution in [0.5, 0.6) is 0 Å². The first-order valence-corrected chi connectivity index (χ1v) is 7.65. The third kappa shape index (κ3) is 1.53. The summed E-state index contributed by atoms with van der Waals surface area (Å²) < 4.78 is 31.2. The number of rotatable bonds is 2. The van der Waals surface area contributed by atoms with E-state index < -0.39 is 9.73 Å². The number of hydrogen-bond donors (Lipinski definition) is 0. The van der Waals surface area contributed by atoms with Gasteiger partial charge >= 0.3 is 0 Å². The van der Waals surface area contributed by atoms with Crippen molar-refractivity contribution in [2.24, 2.45) is 4.36 Å².